The van der Waals surface area contributed by atoms with Crippen LogP contribution in [0.25, 0.3) is 67.3 Å². The van der Waals surface area contributed by atoms with E-state index in [1.165, 1.54) is 69.6 Å². The molecule has 4 aromatic heterocycles. The van der Waals surface area contributed by atoms with Crippen LogP contribution in [0.15, 0.2) is 263 Å². The summed E-state index contributed by atoms with van der Waals surface area (Å²) in [6, 6.07) is 69.5. The van der Waals surface area contributed by atoms with Gasteiger partial charge in [-0.05, 0) is 153 Å². The van der Waals surface area contributed by atoms with Crippen LogP contribution in [0, 0.1) is 67.1 Å². The number of ether oxygens (including phenoxy) is 1. The summed E-state index contributed by atoms with van der Waals surface area (Å²) in [6.45, 7) is 7.81. The number of halogens is 2. The highest BCUT2D eigenvalue weighted by molar-refractivity contribution is 7.12. The molecule has 0 radical (unpaired) electrons. The van der Waals surface area contributed by atoms with Crippen LogP contribution in [0.4, 0.5) is 39.3 Å². The van der Waals surface area contributed by atoms with Gasteiger partial charge in [0.1, 0.15) is 44.0 Å². The number of allylic oxidation sites excluding steroid dienone is 4. The highest BCUT2D eigenvalue weighted by Crippen LogP contribution is 2.43. The van der Waals surface area contributed by atoms with Crippen LogP contribution in [-0.4, -0.2) is 63.1 Å². The van der Waals surface area contributed by atoms with E-state index >= 15 is 0 Å². The van der Waals surface area contributed by atoms with Crippen molar-refractivity contribution in [3.05, 3.63) is 355 Å². The fraction of sp³-hybridized carbons (Fsp3) is 0.118. The lowest BCUT2D eigenvalue weighted by Crippen LogP contribution is -2.43. The third-order valence-electron chi connectivity index (χ3n) is 20.1. The zero-order chi connectivity index (χ0) is 87.2. The standard InChI is InChI=1S/C28H22N4O2S.C23H21N5OS.C21H14F2N4OS.C21H15N5O3S/c1-18-25(27-31-24(17-35-27)21-9-7-19(15-29)8-10-21)26(32-28(33)30-18)22-11-13-23(14-12-22)34-16-20-5-3-2-4-6-20;1-14-20(22-26-19(13-30-22)16-6-4-15(12-24)5-7-16)21(27-23(29)25-14)17-8-10-18(11-9-17)28(2)3;1-11-18(19(27-21(28)25-11)14-6-15(22)8-16(23)7-14)20-26-17(10-29-20)13-4-2-12(9-24)3-5-13;1-12-18(20-24-17(11-30-20)14-4-2-13(10-22)3-5-14)19(25-21(27)23-12)15-6-8-16(9-7-15)26(28)29/h2-14,17,26H,16H2,1H3,(H2,30,32,33);4-11,13,21H,1-3H3,(H2,25,27,29);2-8,10,19H,1H3,(H2,25,27,28);2-9,11,19H,1H3,(H2,23,25,27). The van der Waals surface area contributed by atoms with Gasteiger partial charge in [0, 0.05) is 127 Å². The monoisotopic (exact) mass is 1720 g/mol. The Hall–Kier alpha value is -15.6. The van der Waals surface area contributed by atoms with Gasteiger partial charge in [-0.1, -0.05) is 103 Å². The summed E-state index contributed by atoms with van der Waals surface area (Å²) in [4.78, 5) is 80.2. The largest absolute Gasteiger partial charge is 0.489 e. The number of urea groups is 4. The Kier molecular flexibility index (Phi) is 26.1. The normalized spacial score (nSPS) is 15.8. The molecule has 0 aliphatic carbocycles. The summed E-state index contributed by atoms with van der Waals surface area (Å²) in [6.07, 6.45) is 0. The number of nitriles is 4. The first-order valence-electron chi connectivity index (χ1n) is 38.2. The molecule has 17 rings (SSSR count). The van der Waals surface area contributed by atoms with E-state index in [0.29, 0.717) is 62.1 Å². The molecule has 4 aliphatic rings. The Bertz CT molecular complexity index is 6520. The molecule has 31 heteroatoms. The van der Waals surface area contributed by atoms with E-state index in [2.05, 4.69) is 71.8 Å². The number of thiazole rings is 4. The molecule has 0 bridgehead atoms. The SMILES string of the molecule is CC1=C(c2nc(-c3ccc(C#N)cc3)cs2)C(c2cc(F)cc(F)c2)NC(=O)N1.CC1=C(c2nc(-c3ccc(C#N)cc3)cs2)C(c2ccc(N(C)C)cc2)NC(=O)N1.CC1=C(c2nc(-c3ccc(C#N)cc3)cs2)C(c2ccc(OCc3ccccc3)cc2)NC(=O)N1.CC1=C(c2nc(-c3ccc(C#N)cc3)cs2)C(c2ccc([N+](=O)[O-])cc2)NC(=O)N1. The van der Waals surface area contributed by atoms with E-state index in [-0.39, 0.29) is 35.9 Å². The lowest BCUT2D eigenvalue weighted by molar-refractivity contribution is -0.384. The van der Waals surface area contributed by atoms with E-state index in [1.54, 1.807) is 86.6 Å². The molecule has 0 fully saturated rings. The number of non-ortho nitro benzene ring substituents is 1. The predicted octanol–water partition coefficient (Wildman–Crippen LogP) is 19.7. The molecule has 0 saturated carbocycles. The number of hydrogen-bond donors (Lipinski definition) is 8. The number of anilines is 1. The van der Waals surface area contributed by atoms with Crippen LogP contribution < -0.4 is 52.2 Å². The average Bonchev–Trinajstić information content (AvgIpc) is 1.68. The minimum absolute atomic E-state index is 0.0152. The number of carbonyl (C=O) groups is 4. The first-order chi connectivity index (χ1) is 60.0. The molecule has 0 saturated heterocycles. The molecule has 4 atom stereocenters. The predicted molar refractivity (Wildman–Crippen MR) is 475 cm³/mol. The fourth-order valence-electron chi connectivity index (χ4n) is 13.9. The number of aromatic nitrogens is 4. The summed E-state index contributed by atoms with van der Waals surface area (Å²) >= 11 is 5.86. The molecule has 4 unspecified atom stereocenters. The van der Waals surface area contributed by atoms with Crippen molar-refractivity contribution >= 4 is 103 Å². The number of nitrogens with one attached hydrogen (secondary N) is 8. The number of rotatable bonds is 17. The number of amides is 8. The molecular formula is C93H72F2N18O7S4. The third-order valence-corrected chi connectivity index (χ3v) is 23.6. The highest BCUT2D eigenvalue weighted by Gasteiger charge is 2.35. The van der Waals surface area contributed by atoms with Crippen molar-refractivity contribution < 1.29 is 37.6 Å². The van der Waals surface area contributed by atoms with E-state index in [0.717, 1.165) is 122 Å². The second kappa shape index (κ2) is 38.2. The minimum atomic E-state index is -0.742. The Balaban J connectivity index is 0.000000135. The van der Waals surface area contributed by atoms with Gasteiger partial charge in [-0.15, -0.1) is 45.3 Å². The smallest absolute Gasteiger partial charge is 0.319 e. The van der Waals surface area contributed by atoms with Gasteiger partial charge in [0.05, 0.1) is 98.4 Å². The summed E-state index contributed by atoms with van der Waals surface area (Å²) < 4.78 is 33.5. The average molecular weight is 1720 g/mol. The molecule has 8 heterocycles. The van der Waals surface area contributed by atoms with Crippen molar-refractivity contribution in [1.29, 1.82) is 21.0 Å². The molecule has 8 amide bonds. The number of carbonyl (C=O) groups excluding carboxylic acids is 4. The van der Waals surface area contributed by atoms with E-state index < -0.39 is 34.7 Å². The lowest BCUT2D eigenvalue weighted by Gasteiger charge is -2.28. The van der Waals surface area contributed by atoms with Gasteiger partial charge < -0.3 is 52.2 Å². The van der Waals surface area contributed by atoms with Crippen LogP contribution >= 0.6 is 45.3 Å². The molecule has 4 aliphatic heterocycles. The zero-order valence-corrected chi connectivity index (χ0v) is 70.1. The van der Waals surface area contributed by atoms with Gasteiger partial charge in [-0.2, -0.15) is 21.0 Å². The maximum atomic E-state index is 13.8. The summed E-state index contributed by atoms with van der Waals surface area (Å²) in [5.74, 6) is -0.679. The molecule has 614 valence electrons. The Morgan fingerprint density at radius 2 is 0.694 bits per heavy atom. The number of nitrogens with zero attached hydrogens (tertiary/aromatic N) is 10. The van der Waals surface area contributed by atoms with Crippen molar-refractivity contribution in [2.24, 2.45) is 0 Å². The first kappa shape index (κ1) is 84.8. The molecule has 124 heavy (non-hydrogen) atoms. The van der Waals surface area contributed by atoms with Gasteiger partial charge in [0.15, 0.2) is 0 Å². The Morgan fingerprint density at radius 1 is 0.403 bits per heavy atom. The lowest BCUT2D eigenvalue weighted by atomic mass is 9.95. The molecular weight excluding hydrogens is 1650 g/mol. The van der Waals surface area contributed by atoms with Crippen molar-refractivity contribution in [2.45, 2.75) is 58.5 Å². The van der Waals surface area contributed by atoms with Crippen LogP contribution in [0.2, 0.25) is 0 Å². The van der Waals surface area contributed by atoms with E-state index in [4.69, 9.17) is 40.7 Å². The van der Waals surface area contributed by atoms with Gasteiger partial charge >= 0.3 is 24.1 Å². The second-order valence-corrected chi connectivity index (χ2v) is 32.0. The third kappa shape index (κ3) is 19.9. The topological polar surface area (TPSA) is 367 Å². The summed E-state index contributed by atoms with van der Waals surface area (Å²) in [7, 11) is 3.99. The molecule has 8 N–H and O–H groups in total. The second-order valence-electron chi connectivity index (χ2n) is 28.6. The maximum Gasteiger partial charge on any atom is 0.319 e. The first-order valence-corrected chi connectivity index (χ1v) is 41.7. The van der Waals surface area contributed by atoms with Crippen molar-refractivity contribution in [2.75, 3.05) is 19.0 Å². The van der Waals surface area contributed by atoms with Crippen molar-refractivity contribution in [1.82, 2.24) is 62.5 Å². The highest BCUT2D eigenvalue weighted by atomic mass is 32.1. The fourth-order valence-corrected chi connectivity index (χ4v) is 17.7. The van der Waals surface area contributed by atoms with Crippen LogP contribution in [0.5, 0.6) is 5.75 Å². The molecule has 13 aromatic rings. The molecule has 0 spiro atoms. The quantitative estimate of drug-likeness (QED) is 0.0310. The summed E-state index contributed by atoms with van der Waals surface area (Å²) in [5.41, 5.74) is 20.4. The van der Waals surface area contributed by atoms with Crippen molar-refractivity contribution in [3.63, 3.8) is 0 Å². The maximum absolute atomic E-state index is 13.8. The van der Waals surface area contributed by atoms with E-state index in [1.807, 2.05) is 170 Å². The van der Waals surface area contributed by atoms with Gasteiger partial charge in [0.25, 0.3) is 5.69 Å². The minimum Gasteiger partial charge on any atom is -0.489 e. The molecule has 25 nitrogen and oxygen atoms in total. The van der Waals surface area contributed by atoms with Crippen molar-refractivity contribution in [3.8, 4) is 75.1 Å². The van der Waals surface area contributed by atoms with Gasteiger partial charge in [-0.3, -0.25) is 10.1 Å². The Morgan fingerprint density at radius 3 is 0.984 bits per heavy atom. The van der Waals surface area contributed by atoms with Crippen LogP contribution in [0.1, 0.15) is 122 Å². The van der Waals surface area contributed by atoms with E-state index in [9.17, 15) is 38.1 Å². The zero-order valence-electron chi connectivity index (χ0n) is 66.8. The molecule has 9 aromatic carbocycles. The number of hydrogen-bond acceptors (Lipinski definition) is 20. The number of nitro groups is 1. The Labute approximate surface area is 726 Å². The number of benzene rings is 9. The van der Waals surface area contributed by atoms with Gasteiger partial charge in [-0.25, -0.2) is 47.9 Å². The van der Waals surface area contributed by atoms with Crippen LogP contribution in [0.3, 0.4) is 0 Å². The number of nitro benzene ring substituents is 1. The van der Waals surface area contributed by atoms with Crippen LogP contribution in [-0.2, 0) is 6.61 Å². The summed E-state index contributed by atoms with van der Waals surface area (Å²) in [5, 5.41) is 80.5. The van der Waals surface area contributed by atoms with Gasteiger partial charge in [0.2, 0.25) is 0 Å².